The number of hydrogen-bond acceptors (Lipinski definition) is 2. The van der Waals surface area contributed by atoms with E-state index in [0.29, 0.717) is 17.9 Å². The zero-order chi connectivity index (χ0) is 14.0. The van der Waals surface area contributed by atoms with Gasteiger partial charge in [-0.2, -0.15) is 0 Å². The van der Waals surface area contributed by atoms with Gasteiger partial charge in [0.05, 0.1) is 6.54 Å². The summed E-state index contributed by atoms with van der Waals surface area (Å²) in [6.07, 6.45) is 1.18. The summed E-state index contributed by atoms with van der Waals surface area (Å²) in [7, 11) is 0. The Morgan fingerprint density at radius 1 is 1.21 bits per heavy atom. The molecule has 0 radical (unpaired) electrons. The minimum Gasteiger partial charge on any atom is -0.323 e. The maximum Gasteiger partial charge on any atom is 0.325 e. The predicted octanol–water partition coefficient (Wildman–Crippen LogP) is 2.95. The molecule has 1 aliphatic heterocycles. The molecule has 5 heteroatoms. The van der Waals surface area contributed by atoms with Crippen molar-refractivity contribution >= 4 is 23.5 Å². The van der Waals surface area contributed by atoms with Gasteiger partial charge in [-0.1, -0.05) is 43.6 Å². The van der Waals surface area contributed by atoms with Crippen molar-refractivity contribution in [2.45, 2.75) is 38.8 Å². The molecule has 0 atom stereocenters. The van der Waals surface area contributed by atoms with Crippen molar-refractivity contribution in [3.8, 4) is 0 Å². The van der Waals surface area contributed by atoms with Gasteiger partial charge in [0.2, 0.25) is 0 Å². The number of rotatable bonds is 4. The Hall–Kier alpha value is -1.55. The molecule has 0 aromatic heterocycles. The molecule has 0 aliphatic carbocycles. The molecule has 1 heterocycles. The SMILES string of the molecule is CCC1(CC)NC(=O)N(Cc2ccccc2Cl)C1=O. The van der Waals surface area contributed by atoms with Gasteiger partial charge in [-0.3, -0.25) is 9.69 Å². The van der Waals surface area contributed by atoms with Crippen molar-refractivity contribution in [2.75, 3.05) is 0 Å². The number of halogens is 1. The molecule has 1 N–H and O–H groups in total. The summed E-state index contributed by atoms with van der Waals surface area (Å²) in [5.41, 5.74) is 0.0221. The minimum absolute atomic E-state index is 0.164. The van der Waals surface area contributed by atoms with Crippen molar-refractivity contribution < 1.29 is 9.59 Å². The molecule has 102 valence electrons. The number of nitrogens with zero attached hydrogens (tertiary/aromatic N) is 1. The van der Waals surface area contributed by atoms with Crippen LogP contribution in [0.5, 0.6) is 0 Å². The van der Waals surface area contributed by atoms with Crippen LogP contribution in [0.4, 0.5) is 4.79 Å². The average molecular weight is 281 g/mol. The van der Waals surface area contributed by atoms with Crippen LogP contribution in [0.1, 0.15) is 32.3 Å². The minimum atomic E-state index is -0.752. The van der Waals surface area contributed by atoms with Gasteiger partial charge >= 0.3 is 6.03 Å². The second-order valence-corrected chi connectivity index (χ2v) is 5.11. The third-order valence-electron chi connectivity index (χ3n) is 3.74. The molecule has 4 nitrogen and oxygen atoms in total. The van der Waals surface area contributed by atoms with Crippen LogP contribution in [0.3, 0.4) is 0 Å². The number of imide groups is 1. The molecule has 1 aromatic carbocycles. The highest BCUT2D eigenvalue weighted by atomic mass is 35.5. The van der Waals surface area contributed by atoms with Crippen LogP contribution < -0.4 is 5.32 Å². The Bertz CT molecular complexity index is 512. The van der Waals surface area contributed by atoms with Crippen LogP contribution in [-0.4, -0.2) is 22.4 Å². The van der Waals surface area contributed by atoms with E-state index in [4.69, 9.17) is 11.6 Å². The van der Waals surface area contributed by atoms with Crippen LogP contribution in [0, 0.1) is 0 Å². The van der Waals surface area contributed by atoms with E-state index < -0.39 is 5.54 Å². The van der Waals surface area contributed by atoms with E-state index in [-0.39, 0.29) is 18.5 Å². The van der Waals surface area contributed by atoms with Gasteiger partial charge in [-0.15, -0.1) is 0 Å². The van der Waals surface area contributed by atoms with Crippen LogP contribution in [0.15, 0.2) is 24.3 Å². The zero-order valence-corrected chi connectivity index (χ0v) is 11.8. The summed E-state index contributed by atoms with van der Waals surface area (Å²) < 4.78 is 0. The normalized spacial score (nSPS) is 17.7. The number of carbonyl (C=O) groups is 2. The summed E-state index contributed by atoms with van der Waals surface area (Å²) in [6, 6.07) is 6.89. The smallest absolute Gasteiger partial charge is 0.323 e. The highest BCUT2D eigenvalue weighted by Gasteiger charge is 2.48. The standard InChI is InChI=1S/C14H17ClN2O2/c1-3-14(4-2)12(18)17(13(19)16-14)9-10-7-5-6-8-11(10)15/h5-8H,3-4,9H2,1-2H3,(H,16,19). The summed E-state index contributed by atoms with van der Waals surface area (Å²) in [6.45, 7) is 4.02. The lowest BCUT2D eigenvalue weighted by Gasteiger charge is -2.23. The number of carbonyl (C=O) groups excluding carboxylic acids is 2. The molecule has 1 fully saturated rings. The first-order chi connectivity index (χ1) is 9.04. The third kappa shape index (κ3) is 2.32. The molecule has 0 spiro atoms. The second kappa shape index (κ2) is 5.21. The van der Waals surface area contributed by atoms with Gasteiger partial charge in [0.25, 0.3) is 5.91 Å². The summed E-state index contributed by atoms with van der Waals surface area (Å²) in [4.78, 5) is 25.6. The maximum absolute atomic E-state index is 12.4. The summed E-state index contributed by atoms with van der Waals surface area (Å²) in [5, 5.41) is 3.36. The average Bonchev–Trinajstić information content (AvgIpc) is 2.66. The van der Waals surface area contributed by atoms with Gasteiger partial charge in [0, 0.05) is 5.02 Å². The van der Waals surface area contributed by atoms with Crippen LogP contribution in [0.25, 0.3) is 0 Å². The fourth-order valence-corrected chi connectivity index (χ4v) is 2.54. The molecule has 0 unspecified atom stereocenters. The topological polar surface area (TPSA) is 49.4 Å². The van der Waals surface area contributed by atoms with E-state index in [1.807, 2.05) is 32.0 Å². The highest BCUT2D eigenvalue weighted by molar-refractivity contribution is 6.31. The van der Waals surface area contributed by atoms with E-state index in [1.165, 1.54) is 4.90 Å². The van der Waals surface area contributed by atoms with Crippen molar-refractivity contribution in [1.29, 1.82) is 0 Å². The molecular formula is C14H17ClN2O2. The van der Waals surface area contributed by atoms with E-state index in [0.717, 1.165) is 5.56 Å². The first kappa shape index (κ1) is 13.9. The van der Waals surface area contributed by atoms with Crippen molar-refractivity contribution in [2.24, 2.45) is 0 Å². The number of nitrogens with one attached hydrogen (secondary N) is 1. The molecule has 0 saturated carbocycles. The van der Waals surface area contributed by atoms with Gasteiger partial charge in [-0.05, 0) is 24.5 Å². The summed E-state index contributed by atoms with van der Waals surface area (Å²) in [5.74, 6) is -0.164. The monoisotopic (exact) mass is 280 g/mol. The number of amides is 3. The number of benzene rings is 1. The number of urea groups is 1. The molecule has 1 aliphatic rings. The Morgan fingerprint density at radius 3 is 2.37 bits per heavy atom. The largest absolute Gasteiger partial charge is 0.325 e. The fraction of sp³-hybridized carbons (Fsp3) is 0.429. The van der Waals surface area contributed by atoms with Gasteiger partial charge in [-0.25, -0.2) is 4.79 Å². The Labute approximate surface area is 117 Å². The molecule has 3 amide bonds. The lowest BCUT2D eigenvalue weighted by atomic mass is 9.93. The maximum atomic E-state index is 12.4. The van der Waals surface area contributed by atoms with E-state index >= 15 is 0 Å². The van der Waals surface area contributed by atoms with Crippen LogP contribution in [-0.2, 0) is 11.3 Å². The van der Waals surface area contributed by atoms with Crippen molar-refractivity contribution in [1.82, 2.24) is 10.2 Å². The van der Waals surface area contributed by atoms with Gasteiger partial charge < -0.3 is 5.32 Å². The predicted molar refractivity (Wildman–Crippen MR) is 73.8 cm³/mol. The Balaban J connectivity index is 2.25. The quantitative estimate of drug-likeness (QED) is 0.862. The van der Waals surface area contributed by atoms with Crippen LogP contribution in [0.2, 0.25) is 5.02 Å². The first-order valence-electron chi connectivity index (χ1n) is 6.41. The molecule has 1 saturated heterocycles. The van der Waals surface area contributed by atoms with Crippen molar-refractivity contribution in [3.05, 3.63) is 34.9 Å². The first-order valence-corrected chi connectivity index (χ1v) is 6.79. The molecule has 19 heavy (non-hydrogen) atoms. The second-order valence-electron chi connectivity index (χ2n) is 4.70. The Kier molecular flexibility index (Phi) is 3.80. The van der Waals surface area contributed by atoms with Crippen molar-refractivity contribution in [3.63, 3.8) is 0 Å². The van der Waals surface area contributed by atoms with Crippen LogP contribution >= 0.6 is 11.6 Å². The molecule has 2 rings (SSSR count). The lowest BCUT2D eigenvalue weighted by Crippen LogP contribution is -2.45. The zero-order valence-electron chi connectivity index (χ0n) is 11.1. The van der Waals surface area contributed by atoms with E-state index in [1.54, 1.807) is 6.07 Å². The molecule has 0 bridgehead atoms. The van der Waals surface area contributed by atoms with E-state index in [2.05, 4.69) is 5.32 Å². The number of hydrogen-bond donors (Lipinski definition) is 1. The summed E-state index contributed by atoms with van der Waals surface area (Å²) >= 11 is 6.07. The van der Waals surface area contributed by atoms with Gasteiger partial charge in [0.15, 0.2) is 0 Å². The molecular weight excluding hydrogens is 264 g/mol. The van der Waals surface area contributed by atoms with Gasteiger partial charge in [0.1, 0.15) is 5.54 Å². The Morgan fingerprint density at radius 2 is 1.84 bits per heavy atom. The fourth-order valence-electron chi connectivity index (χ4n) is 2.35. The lowest BCUT2D eigenvalue weighted by molar-refractivity contribution is -0.132. The highest BCUT2D eigenvalue weighted by Crippen LogP contribution is 2.27. The van der Waals surface area contributed by atoms with E-state index in [9.17, 15) is 9.59 Å². The third-order valence-corrected chi connectivity index (χ3v) is 4.11. The molecule has 1 aromatic rings.